The molecule has 0 aromatic heterocycles. The van der Waals surface area contributed by atoms with Crippen LogP contribution in [0.3, 0.4) is 0 Å². The Bertz CT molecular complexity index is 1020. The van der Waals surface area contributed by atoms with Crippen molar-refractivity contribution in [1.82, 2.24) is 10.2 Å². The Hall–Kier alpha value is -3.60. The minimum absolute atomic E-state index is 0.0828. The fourth-order valence-electron chi connectivity index (χ4n) is 3.86. The zero-order valence-corrected chi connectivity index (χ0v) is 20.1. The Balaban J connectivity index is 1.90. The maximum absolute atomic E-state index is 13.7. The topological polar surface area (TPSA) is 58.6 Å². The van der Waals surface area contributed by atoms with Crippen molar-refractivity contribution < 1.29 is 14.3 Å². The van der Waals surface area contributed by atoms with Crippen LogP contribution in [0.1, 0.15) is 36.5 Å². The van der Waals surface area contributed by atoms with E-state index < -0.39 is 6.04 Å². The van der Waals surface area contributed by atoms with Gasteiger partial charge in [0.2, 0.25) is 11.8 Å². The van der Waals surface area contributed by atoms with E-state index in [9.17, 15) is 9.59 Å². The van der Waals surface area contributed by atoms with Crippen molar-refractivity contribution in [3.05, 3.63) is 102 Å². The Kier molecular flexibility index (Phi) is 9.71. The molecule has 0 aliphatic carbocycles. The summed E-state index contributed by atoms with van der Waals surface area (Å²) in [6.07, 6.45) is 2.57. The average Bonchev–Trinajstić information content (AvgIpc) is 2.88. The summed E-state index contributed by atoms with van der Waals surface area (Å²) in [5, 5.41) is 3.05. The second-order valence-corrected chi connectivity index (χ2v) is 8.38. The highest BCUT2D eigenvalue weighted by Crippen LogP contribution is 2.18. The molecular weight excluding hydrogens is 424 g/mol. The molecule has 3 aromatic rings. The van der Waals surface area contributed by atoms with E-state index in [0.717, 1.165) is 35.3 Å². The van der Waals surface area contributed by atoms with E-state index in [4.69, 9.17) is 4.74 Å². The van der Waals surface area contributed by atoms with Crippen LogP contribution in [-0.2, 0) is 29.0 Å². The molecule has 0 radical (unpaired) electrons. The zero-order valence-electron chi connectivity index (χ0n) is 20.1. The van der Waals surface area contributed by atoms with Gasteiger partial charge in [0.05, 0.1) is 13.5 Å². The van der Waals surface area contributed by atoms with Gasteiger partial charge in [-0.15, -0.1) is 0 Å². The predicted octanol–water partition coefficient (Wildman–Crippen LogP) is 4.79. The van der Waals surface area contributed by atoms with Crippen molar-refractivity contribution in [3.8, 4) is 5.75 Å². The van der Waals surface area contributed by atoms with Gasteiger partial charge in [0.15, 0.2) is 0 Å². The van der Waals surface area contributed by atoms with Gasteiger partial charge in [0.1, 0.15) is 11.8 Å². The highest BCUT2D eigenvalue weighted by Gasteiger charge is 2.30. The van der Waals surface area contributed by atoms with Crippen LogP contribution in [0.4, 0.5) is 0 Å². The second kappa shape index (κ2) is 13.2. The van der Waals surface area contributed by atoms with Crippen molar-refractivity contribution in [2.75, 3.05) is 13.7 Å². The normalized spacial score (nSPS) is 11.5. The van der Waals surface area contributed by atoms with E-state index in [2.05, 4.69) is 12.2 Å². The molecule has 0 aliphatic heterocycles. The fourth-order valence-corrected chi connectivity index (χ4v) is 3.86. The van der Waals surface area contributed by atoms with Crippen LogP contribution < -0.4 is 10.1 Å². The van der Waals surface area contributed by atoms with E-state index in [-0.39, 0.29) is 18.2 Å². The number of rotatable bonds is 12. The highest BCUT2D eigenvalue weighted by molar-refractivity contribution is 5.88. The van der Waals surface area contributed by atoms with Crippen LogP contribution in [0.5, 0.6) is 5.75 Å². The number of carbonyl (C=O) groups is 2. The summed E-state index contributed by atoms with van der Waals surface area (Å²) < 4.78 is 5.24. The summed E-state index contributed by atoms with van der Waals surface area (Å²) in [4.78, 5) is 28.8. The number of benzene rings is 3. The first-order valence-corrected chi connectivity index (χ1v) is 11.9. The summed E-state index contributed by atoms with van der Waals surface area (Å²) >= 11 is 0. The Morgan fingerprint density at radius 1 is 0.853 bits per heavy atom. The predicted molar refractivity (Wildman–Crippen MR) is 136 cm³/mol. The number of unbranched alkanes of at least 4 members (excludes halogenated alkanes) is 1. The van der Waals surface area contributed by atoms with Crippen LogP contribution in [0.25, 0.3) is 0 Å². The lowest BCUT2D eigenvalue weighted by Crippen LogP contribution is -2.51. The molecule has 0 saturated heterocycles. The number of hydrogen-bond acceptors (Lipinski definition) is 3. The molecule has 34 heavy (non-hydrogen) atoms. The summed E-state index contributed by atoms with van der Waals surface area (Å²) in [6.45, 7) is 3.06. The largest absolute Gasteiger partial charge is 0.497 e. The maximum Gasteiger partial charge on any atom is 0.243 e. The molecule has 5 heteroatoms. The van der Waals surface area contributed by atoms with Gasteiger partial charge in [-0.2, -0.15) is 0 Å². The van der Waals surface area contributed by atoms with E-state index in [1.54, 1.807) is 12.0 Å². The molecule has 0 unspecified atom stereocenters. The number of nitrogens with zero attached hydrogens (tertiary/aromatic N) is 1. The first-order valence-electron chi connectivity index (χ1n) is 11.9. The number of nitrogens with one attached hydrogen (secondary N) is 1. The molecule has 3 rings (SSSR count). The second-order valence-electron chi connectivity index (χ2n) is 8.38. The molecule has 0 aliphatic rings. The number of carbonyl (C=O) groups excluding carboxylic acids is 2. The molecule has 0 spiro atoms. The maximum atomic E-state index is 13.7. The van der Waals surface area contributed by atoms with Gasteiger partial charge in [-0.3, -0.25) is 9.59 Å². The van der Waals surface area contributed by atoms with Gasteiger partial charge < -0.3 is 15.0 Å². The summed E-state index contributed by atoms with van der Waals surface area (Å²) in [5.74, 6) is 0.548. The van der Waals surface area contributed by atoms with Crippen LogP contribution in [0.2, 0.25) is 0 Å². The Morgan fingerprint density at radius 3 is 2.06 bits per heavy atom. The van der Waals surface area contributed by atoms with Gasteiger partial charge in [-0.1, -0.05) is 86.1 Å². The third-order valence-electron chi connectivity index (χ3n) is 5.81. The first kappa shape index (κ1) is 25.0. The van der Waals surface area contributed by atoms with Crippen LogP contribution in [0, 0.1) is 0 Å². The average molecular weight is 459 g/mol. The number of methoxy groups -OCH3 is 1. The smallest absolute Gasteiger partial charge is 0.243 e. The SMILES string of the molecule is CCCCNC(=O)[C@@H](Cc1ccccc1)N(Cc1ccccc1)C(=O)Cc1ccc(OC)cc1. The van der Waals surface area contributed by atoms with Gasteiger partial charge >= 0.3 is 0 Å². The third-order valence-corrected chi connectivity index (χ3v) is 5.81. The van der Waals surface area contributed by atoms with Gasteiger partial charge in [0, 0.05) is 19.5 Å². The molecule has 1 N–H and O–H groups in total. The lowest BCUT2D eigenvalue weighted by molar-refractivity contribution is -0.140. The molecule has 0 saturated carbocycles. The van der Waals surface area contributed by atoms with Crippen molar-refractivity contribution in [1.29, 1.82) is 0 Å². The lowest BCUT2D eigenvalue weighted by Gasteiger charge is -2.31. The van der Waals surface area contributed by atoms with Crippen LogP contribution >= 0.6 is 0 Å². The van der Waals surface area contributed by atoms with Crippen molar-refractivity contribution in [2.45, 2.75) is 45.2 Å². The van der Waals surface area contributed by atoms with Crippen LogP contribution in [0.15, 0.2) is 84.9 Å². The Labute approximate surface area is 202 Å². The molecule has 0 bridgehead atoms. The van der Waals surface area contributed by atoms with Gasteiger partial charge in [-0.25, -0.2) is 0 Å². The molecule has 0 fully saturated rings. The summed E-state index contributed by atoms with van der Waals surface area (Å²) in [6, 6.07) is 26.6. The van der Waals surface area contributed by atoms with E-state index >= 15 is 0 Å². The van der Waals surface area contributed by atoms with Gasteiger partial charge in [-0.05, 0) is 35.2 Å². The molecular formula is C29H34N2O3. The van der Waals surface area contributed by atoms with E-state index in [0.29, 0.717) is 19.5 Å². The monoisotopic (exact) mass is 458 g/mol. The number of amides is 2. The van der Waals surface area contributed by atoms with Crippen molar-refractivity contribution in [2.24, 2.45) is 0 Å². The van der Waals surface area contributed by atoms with Crippen LogP contribution in [-0.4, -0.2) is 36.4 Å². The van der Waals surface area contributed by atoms with Crippen molar-refractivity contribution in [3.63, 3.8) is 0 Å². The molecule has 5 nitrogen and oxygen atoms in total. The molecule has 2 amide bonds. The molecule has 0 heterocycles. The molecule has 3 aromatic carbocycles. The zero-order chi connectivity index (χ0) is 24.2. The fraction of sp³-hybridized carbons (Fsp3) is 0.310. The third kappa shape index (κ3) is 7.48. The number of hydrogen-bond donors (Lipinski definition) is 1. The summed E-state index contributed by atoms with van der Waals surface area (Å²) in [7, 11) is 1.62. The van der Waals surface area contributed by atoms with Crippen molar-refractivity contribution >= 4 is 11.8 Å². The van der Waals surface area contributed by atoms with E-state index in [1.165, 1.54) is 0 Å². The lowest BCUT2D eigenvalue weighted by atomic mass is 10.0. The van der Waals surface area contributed by atoms with E-state index in [1.807, 2.05) is 84.9 Å². The molecule has 1 atom stereocenters. The quantitative estimate of drug-likeness (QED) is 0.397. The van der Waals surface area contributed by atoms with Gasteiger partial charge in [0.25, 0.3) is 0 Å². The standard InChI is InChI=1S/C29H34N2O3/c1-3-4-19-30-29(33)27(20-23-11-7-5-8-12-23)31(22-25-13-9-6-10-14-25)28(32)21-24-15-17-26(34-2)18-16-24/h5-18,27H,3-4,19-22H2,1-2H3,(H,30,33)/t27-/m1/s1. The highest BCUT2D eigenvalue weighted by atomic mass is 16.5. The summed E-state index contributed by atoms with van der Waals surface area (Å²) in [5.41, 5.74) is 2.90. The minimum atomic E-state index is -0.606. The minimum Gasteiger partial charge on any atom is -0.497 e. The number of ether oxygens (including phenoxy) is 1. The molecule has 178 valence electrons. The first-order chi connectivity index (χ1) is 16.6. The Morgan fingerprint density at radius 2 is 1.47 bits per heavy atom.